The minimum absolute atomic E-state index is 0.183. The van der Waals surface area contributed by atoms with E-state index in [0.717, 1.165) is 0 Å². The van der Waals surface area contributed by atoms with Crippen molar-refractivity contribution in [3.8, 4) is 0 Å². The van der Waals surface area contributed by atoms with Gasteiger partial charge < -0.3 is 14.3 Å². The number of carbonyl (C=O) groups is 1. The Morgan fingerprint density at radius 3 is 2.50 bits per heavy atom. The molecule has 7 heteroatoms. The Labute approximate surface area is 128 Å². The number of carbonyl (C=O) groups excluding carboxylic acids is 1. The van der Waals surface area contributed by atoms with Gasteiger partial charge in [0.25, 0.3) is 0 Å². The van der Waals surface area contributed by atoms with Gasteiger partial charge in [-0.05, 0) is 46.8 Å². The Morgan fingerprint density at radius 1 is 1.32 bits per heavy atom. The first kappa shape index (κ1) is 16.4. The molecule has 0 amide bonds. The Hall–Kier alpha value is -1.99. The molecule has 2 heterocycles. The highest BCUT2D eigenvalue weighted by molar-refractivity contribution is 5.78. The predicted molar refractivity (Wildman–Crippen MR) is 79.5 cm³/mol. The van der Waals surface area contributed by atoms with Gasteiger partial charge in [0.2, 0.25) is 11.6 Å². The Kier molecular flexibility index (Phi) is 3.75. The molecule has 22 heavy (non-hydrogen) atoms. The summed E-state index contributed by atoms with van der Waals surface area (Å²) in [5.74, 6) is -0.836. The van der Waals surface area contributed by atoms with Crippen LogP contribution in [-0.2, 0) is 15.3 Å². The van der Waals surface area contributed by atoms with Crippen LogP contribution in [0.2, 0.25) is 0 Å². The van der Waals surface area contributed by atoms with Crippen molar-refractivity contribution in [2.75, 3.05) is 0 Å². The summed E-state index contributed by atoms with van der Waals surface area (Å²) in [4.78, 5) is 20.5. The number of fused-ring (bicyclic) bond motifs is 1. The predicted octanol–water partition coefficient (Wildman–Crippen LogP) is 1.69. The minimum Gasteiger partial charge on any atom is -0.459 e. The van der Waals surface area contributed by atoms with Crippen LogP contribution in [0.1, 0.15) is 40.5 Å². The molecular weight excluding hydrogens is 286 g/mol. The van der Waals surface area contributed by atoms with Crippen molar-refractivity contribution in [1.82, 2.24) is 9.97 Å². The molecule has 0 bridgehead atoms. The third kappa shape index (κ3) is 2.82. The maximum absolute atomic E-state index is 12.4. The zero-order valence-electron chi connectivity index (χ0n) is 13.4. The lowest BCUT2D eigenvalue weighted by Crippen LogP contribution is -2.55. The number of aromatic nitrogens is 2. The van der Waals surface area contributed by atoms with Crippen LogP contribution >= 0.6 is 0 Å². The van der Waals surface area contributed by atoms with Gasteiger partial charge in [0.05, 0.1) is 0 Å². The molecule has 0 aliphatic carbocycles. The van der Waals surface area contributed by atoms with Crippen LogP contribution in [0.5, 0.6) is 0 Å². The van der Waals surface area contributed by atoms with Gasteiger partial charge in [-0.1, -0.05) is 0 Å². The smallest absolute Gasteiger partial charge is 0.316 e. The fraction of sp³-hybridized carbons (Fsp3) is 0.533. The lowest BCUT2D eigenvalue weighted by Gasteiger charge is -2.36. The average Bonchev–Trinajstić information content (AvgIpc) is 2.80. The molecule has 7 nitrogen and oxygen atoms in total. The van der Waals surface area contributed by atoms with E-state index in [1.54, 1.807) is 39.1 Å². The number of ether oxygens (including phenoxy) is 1. The number of pyridine rings is 1. The second-order valence-electron chi connectivity index (χ2n) is 6.74. The molecule has 2 aromatic heterocycles. The average molecular weight is 307 g/mol. The molecule has 0 saturated carbocycles. The number of esters is 1. The number of hydrogen-bond acceptors (Lipinski definition) is 7. The standard InChI is InChI=1S/C15H21N3O4/c1-13(2,3)22-12(19)14(4,5)15(16,20)11-18-10-9(21-11)7-6-8-17-10/h6-8,20H,16H2,1-5H3. The van der Waals surface area contributed by atoms with Gasteiger partial charge in [0.15, 0.2) is 11.2 Å². The van der Waals surface area contributed by atoms with Crippen molar-refractivity contribution in [1.29, 1.82) is 0 Å². The second kappa shape index (κ2) is 5.03. The largest absolute Gasteiger partial charge is 0.459 e. The fourth-order valence-electron chi connectivity index (χ4n) is 1.76. The van der Waals surface area contributed by atoms with E-state index in [2.05, 4.69) is 9.97 Å². The van der Waals surface area contributed by atoms with Crippen LogP contribution in [0.4, 0.5) is 0 Å². The number of hydrogen-bond donors (Lipinski definition) is 2. The van der Waals surface area contributed by atoms with Gasteiger partial charge in [-0.15, -0.1) is 0 Å². The first-order valence-electron chi connectivity index (χ1n) is 6.92. The van der Waals surface area contributed by atoms with Gasteiger partial charge in [0.1, 0.15) is 11.0 Å². The van der Waals surface area contributed by atoms with Gasteiger partial charge in [-0.25, -0.2) is 4.98 Å². The highest BCUT2D eigenvalue weighted by Gasteiger charge is 2.53. The Balaban J connectivity index is 2.40. The van der Waals surface area contributed by atoms with E-state index in [4.69, 9.17) is 14.9 Å². The van der Waals surface area contributed by atoms with E-state index in [1.165, 1.54) is 13.8 Å². The van der Waals surface area contributed by atoms with Crippen LogP contribution in [0.15, 0.2) is 22.7 Å². The summed E-state index contributed by atoms with van der Waals surface area (Å²) in [6.07, 6.45) is 1.54. The van der Waals surface area contributed by atoms with E-state index in [1.807, 2.05) is 0 Å². The van der Waals surface area contributed by atoms with Crippen LogP contribution in [0.3, 0.4) is 0 Å². The van der Waals surface area contributed by atoms with Crippen molar-refractivity contribution in [2.45, 2.75) is 45.9 Å². The number of nitrogens with two attached hydrogens (primary N) is 1. The quantitative estimate of drug-likeness (QED) is 0.655. The number of rotatable bonds is 3. The molecule has 0 spiro atoms. The molecule has 0 saturated heterocycles. The zero-order chi connectivity index (χ0) is 16.8. The van der Waals surface area contributed by atoms with E-state index < -0.39 is 22.7 Å². The van der Waals surface area contributed by atoms with Gasteiger partial charge in [-0.3, -0.25) is 10.5 Å². The summed E-state index contributed by atoms with van der Waals surface area (Å²) >= 11 is 0. The highest BCUT2D eigenvalue weighted by atomic mass is 16.6. The summed E-state index contributed by atoms with van der Waals surface area (Å²) in [7, 11) is 0. The molecule has 0 fully saturated rings. The first-order chi connectivity index (χ1) is 9.95. The van der Waals surface area contributed by atoms with E-state index >= 15 is 0 Å². The van der Waals surface area contributed by atoms with Crippen LogP contribution < -0.4 is 5.73 Å². The maximum Gasteiger partial charge on any atom is 0.316 e. The number of nitrogens with zero attached hydrogens (tertiary/aromatic N) is 2. The monoisotopic (exact) mass is 307 g/mol. The third-order valence-corrected chi connectivity index (χ3v) is 3.35. The molecule has 2 aromatic rings. The van der Waals surface area contributed by atoms with Crippen molar-refractivity contribution < 1.29 is 19.1 Å². The molecule has 2 rings (SSSR count). The molecule has 120 valence electrons. The van der Waals surface area contributed by atoms with Crippen molar-refractivity contribution in [2.24, 2.45) is 11.1 Å². The molecule has 0 radical (unpaired) electrons. The SMILES string of the molecule is CC(C)(C)OC(=O)C(C)(C)C(N)(O)c1nc2ncccc2o1. The summed E-state index contributed by atoms with van der Waals surface area (Å²) in [5.41, 5.74) is 2.34. The van der Waals surface area contributed by atoms with Gasteiger partial charge >= 0.3 is 5.97 Å². The van der Waals surface area contributed by atoms with Gasteiger partial charge in [0, 0.05) is 6.20 Å². The van der Waals surface area contributed by atoms with E-state index in [0.29, 0.717) is 11.2 Å². The minimum atomic E-state index is -2.14. The van der Waals surface area contributed by atoms with Crippen molar-refractivity contribution >= 4 is 17.2 Å². The Bertz CT molecular complexity index is 665. The summed E-state index contributed by atoms with van der Waals surface area (Å²) < 4.78 is 10.8. The molecular formula is C15H21N3O4. The number of aliphatic hydroxyl groups is 1. The molecule has 0 aliphatic heterocycles. The molecule has 3 N–H and O–H groups in total. The fourth-order valence-corrected chi connectivity index (χ4v) is 1.76. The second-order valence-corrected chi connectivity index (χ2v) is 6.74. The lowest BCUT2D eigenvalue weighted by molar-refractivity contribution is -0.186. The van der Waals surface area contributed by atoms with Gasteiger partial charge in [-0.2, -0.15) is 4.98 Å². The van der Waals surface area contributed by atoms with Crippen molar-refractivity contribution in [3.05, 3.63) is 24.2 Å². The molecule has 0 aliphatic rings. The van der Waals surface area contributed by atoms with Crippen molar-refractivity contribution in [3.63, 3.8) is 0 Å². The number of oxazole rings is 1. The van der Waals surface area contributed by atoms with Crippen LogP contribution in [0, 0.1) is 5.41 Å². The summed E-state index contributed by atoms with van der Waals surface area (Å²) in [6.45, 7) is 8.16. The normalized spacial score (nSPS) is 15.6. The van der Waals surface area contributed by atoms with Crippen LogP contribution in [-0.4, -0.2) is 26.6 Å². The van der Waals surface area contributed by atoms with Crippen LogP contribution in [0.25, 0.3) is 11.2 Å². The molecule has 1 atom stereocenters. The van der Waals surface area contributed by atoms with E-state index in [9.17, 15) is 9.90 Å². The highest BCUT2D eigenvalue weighted by Crippen LogP contribution is 2.38. The molecule has 0 aromatic carbocycles. The molecule has 1 unspecified atom stereocenters. The lowest BCUT2D eigenvalue weighted by atomic mass is 9.81. The zero-order valence-corrected chi connectivity index (χ0v) is 13.4. The first-order valence-corrected chi connectivity index (χ1v) is 6.92. The summed E-state index contributed by atoms with van der Waals surface area (Å²) in [5, 5.41) is 10.7. The summed E-state index contributed by atoms with van der Waals surface area (Å²) in [6, 6.07) is 3.32. The third-order valence-electron chi connectivity index (χ3n) is 3.35. The van der Waals surface area contributed by atoms with E-state index in [-0.39, 0.29) is 5.89 Å². The maximum atomic E-state index is 12.4. The Morgan fingerprint density at radius 2 is 1.95 bits per heavy atom. The topological polar surface area (TPSA) is 111 Å².